The summed E-state index contributed by atoms with van der Waals surface area (Å²) in [5, 5.41) is -0.267. The minimum atomic E-state index is -2.86. The summed E-state index contributed by atoms with van der Waals surface area (Å²) in [5.74, 6) is 0.199. The molecule has 0 N–H and O–H groups in total. The van der Waals surface area contributed by atoms with Crippen LogP contribution in [0, 0.1) is 0 Å². The fourth-order valence-electron chi connectivity index (χ4n) is 0.616. The van der Waals surface area contributed by atoms with Crippen LogP contribution in [0.15, 0.2) is 0 Å². The van der Waals surface area contributed by atoms with Crippen molar-refractivity contribution in [2.75, 3.05) is 12.4 Å². The quantitative estimate of drug-likeness (QED) is 0.560. The molecule has 0 aliphatic carbocycles. The van der Waals surface area contributed by atoms with Crippen LogP contribution in [0.25, 0.3) is 0 Å². The molecule has 1 rings (SSSR count). The molecule has 0 unspecified atom stereocenters. The molecule has 1 heterocycles. The Kier molecular flexibility index (Phi) is 2.01. The number of hydrogen-bond acceptors (Lipinski definition) is 3. The highest BCUT2D eigenvalue weighted by Gasteiger charge is 2.30. The van der Waals surface area contributed by atoms with E-state index in [0.717, 1.165) is 0 Å². The van der Waals surface area contributed by atoms with Crippen molar-refractivity contribution in [2.45, 2.75) is 25.2 Å². The fraction of sp³-hybridized carbons (Fsp3) is 1.00. The monoisotopic (exact) mass is 164 g/mol. The van der Waals surface area contributed by atoms with Crippen molar-refractivity contribution in [3.05, 3.63) is 0 Å². The van der Waals surface area contributed by atoms with E-state index >= 15 is 0 Å². The molecule has 0 spiro atoms. The van der Waals surface area contributed by atoms with Gasteiger partial charge in [0.1, 0.15) is 0 Å². The average molecular weight is 164 g/mol. The van der Waals surface area contributed by atoms with Gasteiger partial charge in [-0.2, -0.15) is 0 Å². The van der Waals surface area contributed by atoms with E-state index in [1.807, 2.05) is 0 Å². The van der Waals surface area contributed by atoms with E-state index in [4.69, 9.17) is 4.74 Å². The van der Waals surface area contributed by atoms with Crippen LogP contribution in [-0.2, 0) is 14.6 Å². The van der Waals surface area contributed by atoms with Gasteiger partial charge in [0.25, 0.3) is 0 Å². The standard InChI is InChI=1S/C6H12O3S/c1-5(2)10(7,8)4-6-3-9-6/h5-6H,3-4H2,1-2H3/t6-/m0/s1. The summed E-state index contributed by atoms with van der Waals surface area (Å²) >= 11 is 0. The Morgan fingerprint density at radius 2 is 2.10 bits per heavy atom. The summed E-state index contributed by atoms with van der Waals surface area (Å²) < 4.78 is 27.0. The van der Waals surface area contributed by atoms with Crippen molar-refractivity contribution < 1.29 is 13.2 Å². The molecule has 0 radical (unpaired) electrons. The third-order valence-electron chi connectivity index (χ3n) is 1.54. The third-order valence-corrected chi connectivity index (χ3v) is 3.81. The molecule has 0 amide bonds. The molecule has 1 fully saturated rings. The van der Waals surface area contributed by atoms with Crippen LogP contribution in [0.3, 0.4) is 0 Å². The van der Waals surface area contributed by atoms with Crippen molar-refractivity contribution in [2.24, 2.45) is 0 Å². The predicted molar refractivity (Wildman–Crippen MR) is 38.7 cm³/mol. The van der Waals surface area contributed by atoms with E-state index in [1.165, 1.54) is 0 Å². The van der Waals surface area contributed by atoms with Gasteiger partial charge in [0.2, 0.25) is 0 Å². The molecule has 1 aliphatic heterocycles. The molecule has 0 aromatic rings. The van der Waals surface area contributed by atoms with Crippen LogP contribution in [0.2, 0.25) is 0 Å². The minimum absolute atomic E-state index is 0.00704. The number of epoxide rings is 1. The van der Waals surface area contributed by atoms with Gasteiger partial charge < -0.3 is 4.74 Å². The third kappa shape index (κ3) is 1.95. The highest BCUT2D eigenvalue weighted by Crippen LogP contribution is 2.14. The van der Waals surface area contributed by atoms with Gasteiger partial charge in [-0.05, 0) is 13.8 Å². The zero-order valence-corrected chi connectivity index (χ0v) is 7.02. The molecule has 1 aliphatic rings. The molecule has 0 saturated carbocycles. The Balaban J connectivity index is 2.50. The predicted octanol–water partition coefficient (Wildman–Crippen LogP) is 0.208. The first-order valence-corrected chi connectivity index (χ1v) is 5.07. The van der Waals surface area contributed by atoms with Crippen LogP contribution in [0.1, 0.15) is 13.8 Å². The van der Waals surface area contributed by atoms with E-state index in [9.17, 15) is 8.42 Å². The van der Waals surface area contributed by atoms with E-state index in [0.29, 0.717) is 6.61 Å². The highest BCUT2D eigenvalue weighted by molar-refractivity contribution is 7.92. The topological polar surface area (TPSA) is 46.7 Å². The molecule has 60 valence electrons. The zero-order chi connectivity index (χ0) is 7.78. The van der Waals surface area contributed by atoms with Crippen molar-refractivity contribution in [3.8, 4) is 0 Å². The first-order chi connectivity index (χ1) is 4.52. The Labute approximate surface area is 61.3 Å². The molecule has 1 atom stereocenters. The van der Waals surface area contributed by atoms with Gasteiger partial charge in [-0.15, -0.1) is 0 Å². The Morgan fingerprint density at radius 1 is 1.60 bits per heavy atom. The lowest BCUT2D eigenvalue weighted by Gasteiger charge is -2.03. The van der Waals surface area contributed by atoms with Gasteiger partial charge in [-0.1, -0.05) is 0 Å². The summed E-state index contributed by atoms with van der Waals surface area (Å²) in [6.07, 6.45) is -0.00704. The maximum atomic E-state index is 11.1. The van der Waals surface area contributed by atoms with Crippen molar-refractivity contribution in [1.82, 2.24) is 0 Å². The largest absolute Gasteiger partial charge is 0.372 e. The van der Waals surface area contributed by atoms with Crippen LogP contribution in [0.4, 0.5) is 0 Å². The van der Waals surface area contributed by atoms with Gasteiger partial charge in [0.15, 0.2) is 9.84 Å². The lowest BCUT2D eigenvalue weighted by atomic mass is 10.6. The molecule has 3 nitrogen and oxygen atoms in total. The normalized spacial score (nSPS) is 25.3. The van der Waals surface area contributed by atoms with E-state index in [2.05, 4.69) is 0 Å². The van der Waals surface area contributed by atoms with Crippen LogP contribution in [-0.4, -0.2) is 32.1 Å². The van der Waals surface area contributed by atoms with E-state index in [-0.39, 0.29) is 17.1 Å². The van der Waals surface area contributed by atoms with Crippen LogP contribution >= 0.6 is 0 Å². The first kappa shape index (κ1) is 8.01. The van der Waals surface area contributed by atoms with Gasteiger partial charge >= 0.3 is 0 Å². The van der Waals surface area contributed by atoms with Crippen LogP contribution < -0.4 is 0 Å². The molecule has 0 aromatic heterocycles. The second kappa shape index (κ2) is 2.51. The zero-order valence-electron chi connectivity index (χ0n) is 6.20. The lowest BCUT2D eigenvalue weighted by Crippen LogP contribution is -2.20. The van der Waals surface area contributed by atoms with E-state index < -0.39 is 9.84 Å². The Bertz CT molecular complexity index is 201. The summed E-state index contributed by atoms with van der Waals surface area (Å²) in [7, 11) is -2.86. The van der Waals surface area contributed by atoms with Crippen molar-refractivity contribution >= 4 is 9.84 Å². The van der Waals surface area contributed by atoms with Gasteiger partial charge in [0.05, 0.1) is 23.7 Å². The number of hydrogen-bond donors (Lipinski definition) is 0. The molecule has 10 heavy (non-hydrogen) atoms. The van der Waals surface area contributed by atoms with Gasteiger partial charge in [-0.25, -0.2) is 8.42 Å². The van der Waals surface area contributed by atoms with Gasteiger partial charge in [0, 0.05) is 0 Å². The maximum Gasteiger partial charge on any atom is 0.155 e. The molecule has 0 bridgehead atoms. The maximum absolute atomic E-state index is 11.1. The summed E-state index contributed by atoms with van der Waals surface area (Å²) in [5.41, 5.74) is 0. The molecular weight excluding hydrogens is 152 g/mol. The second-order valence-electron chi connectivity index (χ2n) is 2.83. The van der Waals surface area contributed by atoms with Crippen molar-refractivity contribution in [3.63, 3.8) is 0 Å². The summed E-state index contributed by atoms with van der Waals surface area (Å²) in [4.78, 5) is 0. The summed E-state index contributed by atoms with van der Waals surface area (Å²) in [6.45, 7) is 4.00. The minimum Gasteiger partial charge on any atom is -0.372 e. The average Bonchev–Trinajstić information content (AvgIpc) is 2.48. The second-order valence-corrected chi connectivity index (χ2v) is 5.44. The SMILES string of the molecule is CC(C)S(=O)(=O)C[C@@H]1CO1. The smallest absolute Gasteiger partial charge is 0.155 e. The number of ether oxygens (including phenoxy) is 1. The Morgan fingerprint density at radius 3 is 2.40 bits per heavy atom. The van der Waals surface area contributed by atoms with Crippen molar-refractivity contribution in [1.29, 1.82) is 0 Å². The van der Waals surface area contributed by atoms with E-state index in [1.54, 1.807) is 13.8 Å². The molecular formula is C6H12O3S. The Hall–Kier alpha value is -0.0900. The molecule has 4 heteroatoms. The number of sulfone groups is 1. The number of rotatable bonds is 3. The van der Waals surface area contributed by atoms with Crippen LogP contribution in [0.5, 0.6) is 0 Å². The highest BCUT2D eigenvalue weighted by atomic mass is 32.2. The summed E-state index contributed by atoms with van der Waals surface area (Å²) in [6, 6.07) is 0. The molecule has 1 saturated heterocycles. The van der Waals surface area contributed by atoms with Gasteiger partial charge in [-0.3, -0.25) is 0 Å². The fourth-order valence-corrected chi connectivity index (χ4v) is 1.71. The molecule has 0 aromatic carbocycles. The first-order valence-electron chi connectivity index (χ1n) is 3.35. The lowest BCUT2D eigenvalue weighted by molar-refractivity contribution is 0.422.